The van der Waals surface area contributed by atoms with Crippen LogP contribution in [0, 0.1) is 28.5 Å². The number of halogens is 2. The van der Waals surface area contributed by atoms with Crippen molar-refractivity contribution < 1.29 is 9.18 Å². The molecule has 17 heavy (non-hydrogen) atoms. The molecule has 0 N–H and O–H groups in total. The first-order chi connectivity index (χ1) is 8.10. The fourth-order valence-corrected chi connectivity index (χ4v) is 1.30. The van der Waals surface area contributed by atoms with Crippen LogP contribution in [0.2, 0.25) is 5.15 Å². The number of hydrogen-bond donors (Lipinski definition) is 0. The van der Waals surface area contributed by atoms with Crippen LogP contribution >= 0.6 is 11.6 Å². The van der Waals surface area contributed by atoms with Crippen molar-refractivity contribution >= 4 is 17.5 Å². The number of amides is 1. The molecule has 1 aromatic rings. The summed E-state index contributed by atoms with van der Waals surface area (Å²) in [6.07, 6.45) is 0.873. The molecule has 0 bridgehead atoms. The molecule has 0 spiro atoms. The zero-order valence-electron chi connectivity index (χ0n) is 8.52. The van der Waals surface area contributed by atoms with Gasteiger partial charge in [-0.05, 0) is 6.07 Å². The maximum Gasteiger partial charge on any atom is 0.258 e. The summed E-state index contributed by atoms with van der Waals surface area (Å²) in [4.78, 5) is 16.3. The summed E-state index contributed by atoms with van der Waals surface area (Å²) in [5, 5.41) is 16.8. The predicted molar refractivity (Wildman–Crippen MR) is 56.3 cm³/mol. The smallest absolute Gasteiger partial charge is 0.258 e. The van der Waals surface area contributed by atoms with E-state index in [2.05, 4.69) is 4.98 Å². The lowest BCUT2D eigenvalue weighted by Gasteiger charge is -2.15. The normalized spacial score (nSPS) is 9.18. The Morgan fingerprint density at radius 1 is 1.47 bits per heavy atom. The first-order valence-corrected chi connectivity index (χ1v) is 4.82. The number of carbonyl (C=O) groups is 1. The summed E-state index contributed by atoms with van der Waals surface area (Å²) in [6, 6.07) is 4.38. The summed E-state index contributed by atoms with van der Waals surface area (Å²) in [5.41, 5.74) is -0.169. The van der Waals surface area contributed by atoms with Crippen LogP contribution < -0.4 is 0 Å². The average molecular weight is 253 g/mol. The molecular weight excluding hydrogens is 247 g/mol. The van der Waals surface area contributed by atoms with Crippen LogP contribution in [0.25, 0.3) is 0 Å². The number of pyridine rings is 1. The second kappa shape index (κ2) is 5.78. The van der Waals surface area contributed by atoms with Gasteiger partial charge in [-0.1, -0.05) is 11.6 Å². The van der Waals surface area contributed by atoms with Gasteiger partial charge >= 0.3 is 0 Å². The fourth-order valence-electron chi connectivity index (χ4n) is 1.11. The molecular formula is C10H6ClFN4O. The molecule has 5 nitrogen and oxygen atoms in total. The summed E-state index contributed by atoms with van der Waals surface area (Å²) >= 11 is 5.64. The lowest BCUT2D eigenvalue weighted by molar-refractivity contribution is 0.0794. The van der Waals surface area contributed by atoms with Crippen LogP contribution in [0.1, 0.15) is 10.4 Å². The lowest BCUT2D eigenvalue weighted by Crippen LogP contribution is -2.32. The van der Waals surface area contributed by atoms with Gasteiger partial charge in [-0.3, -0.25) is 4.79 Å². The molecule has 0 radical (unpaired) electrons. The SMILES string of the molecule is N#CCN(CC#N)C(=O)c1cc(F)cnc1Cl. The van der Waals surface area contributed by atoms with E-state index in [-0.39, 0.29) is 23.8 Å². The Balaban J connectivity index is 3.06. The van der Waals surface area contributed by atoms with Crippen molar-refractivity contribution in [2.24, 2.45) is 0 Å². The van der Waals surface area contributed by atoms with E-state index in [1.54, 1.807) is 12.1 Å². The Morgan fingerprint density at radius 3 is 2.59 bits per heavy atom. The van der Waals surface area contributed by atoms with E-state index in [4.69, 9.17) is 22.1 Å². The summed E-state index contributed by atoms with van der Waals surface area (Å²) < 4.78 is 12.9. The van der Waals surface area contributed by atoms with Gasteiger partial charge in [0.25, 0.3) is 5.91 Å². The van der Waals surface area contributed by atoms with Gasteiger partial charge in [0.1, 0.15) is 24.1 Å². The minimum absolute atomic E-state index is 0.169. The average Bonchev–Trinajstić information content (AvgIpc) is 2.31. The fraction of sp³-hybridized carbons (Fsp3) is 0.200. The molecule has 1 aromatic heterocycles. The van der Waals surface area contributed by atoms with E-state index < -0.39 is 11.7 Å². The Labute approximate surface area is 102 Å². The van der Waals surface area contributed by atoms with Gasteiger partial charge in [-0.25, -0.2) is 9.37 Å². The highest BCUT2D eigenvalue weighted by molar-refractivity contribution is 6.32. The molecule has 0 unspecified atom stereocenters. The Bertz CT molecular complexity index is 504. The number of nitriles is 2. The molecule has 1 amide bonds. The zero-order chi connectivity index (χ0) is 12.8. The van der Waals surface area contributed by atoms with E-state index in [9.17, 15) is 9.18 Å². The largest absolute Gasteiger partial charge is 0.312 e. The molecule has 86 valence electrons. The van der Waals surface area contributed by atoms with Gasteiger partial charge in [0.2, 0.25) is 0 Å². The topological polar surface area (TPSA) is 80.8 Å². The second-order valence-corrected chi connectivity index (χ2v) is 3.33. The lowest BCUT2D eigenvalue weighted by atomic mass is 10.2. The van der Waals surface area contributed by atoms with Crippen molar-refractivity contribution in [3.63, 3.8) is 0 Å². The number of hydrogen-bond acceptors (Lipinski definition) is 4. The number of nitrogens with zero attached hydrogens (tertiary/aromatic N) is 4. The summed E-state index contributed by atoms with van der Waals surface area (Å²) in [5.74, 6) is -1.42. The summed E-state index contributed by atoms with van der Waals surface area (Å²) in [6.45, 7) is -0.557. The van der Waals surface area contributed by atoms with Crippen LogP contribution in [-0.2, 0) is 0 Å². The second-order valence-electron chi connectivity index (χ2n) is 2.97. The molecule has 0 aliphatic heterocycles. The van der Waals surface area contributed by atoms with Crippen molar-refractivity contribution in [2.45, 2.75) is 0 Å². The van der Waals surface area contributed by atoms with Crippen LogP contribution in [-0.4, -0.2) is 28.9 Å². The van der Waals surface area contributed by atoms with E-state index in [0.717, 1.165) is 17.2 Å². The maximum absolute atomic E-state index is 12.9. The molecule has 1 rings (SSSR count). The van der Waals surface area contributed by atoms with Crippen molar-refractivity contribution in [3.05, 3.63) is 28.8 Å². The van der Waals surface area contributed by atoms with E-state index in [1.807, 2.05) is 0 Å². The minimum atomic E-state index is -0.716. The van der Waals surface area contributed by atoms with Crippen LogP contribution in [0.15, 0.2) is 12.3 Å². The van der Waals surface area contributed by atoms with E-state index in [1.165, 1.54) is 0 Å². The quantitative estimate of drug-likeness (QED) is 0.601. The van der Waals surface area contributed by atoms with Gasteiger partial charge in [-0.2, -0.15) is 10.5 Å². The molecule has 0 saturated heterocycles. The molecule has 0 atom stereocenters. The monoisotopic (exact) mass is 252 g/mol. The van der Waals surface area contributed by atoms with Crippen LogP contribution in [0.4, 0.5) is 4.39 Å². The van der Waals surface area contributed by atoms with Crippen molar-refractivity contribution in [1.82, 2.24) is 9.88 Å². The number of carbonyl (C=O) groups excluding carboxylic acids is 1. The van der Waals surface area contributed by atoms with Gasteiger partial charge < -0.3 is 4.90 Å². The molecule has 0 aromatic carbocycles. The van der Waals surface area contributed by atoms with Crippen LogP contribution in [0.3, 0.4) is 0 Å². The first-order valence-electron chi connectivity index (χ1n) is 4.44. The van der Waals surface area contributed by atoms with Gasteiger partial charge in [0, 0.05) is 0 Å². The first kappa shape index (κ1) is 12.9. The van der Waals surface area contributed by atoms with Gasteiger partial charge in [0.05, 0.1) is 23.9 Å². The maximum atomic E-state index is 12.9. The molecule has 1 heterocycles. The van der Waals surface area contributed by atoms with E-state index in [0.29, 0.717) is 0 Å². The summed E-state index contributed by atoms with van der Waals surface area (Å²) in [7, 11) is 0. The predicted octanol–water partition coefficient (Wildman–Crippen LogP) is 1.36. The number of aromatic nitrogens is 1. The third kappa shape index (κ3) is 3.13. The zero-order valence-corrected chi connectivity index (χ0v) is 9.28. The number of rotatable bonds is 3. The Morgan fingerprint density at radius 2 is 2.06 bits per heavy atom. The van der Waals surface area contributed by atoms with Crippen LogP contribution in [0.5, 0.6) is 0 Å². The molecule has 0 aliphatic rings. The molecule has 0 saturated carbocycles. The minimum Gasteiger partial charge on any atom is -0.312 e. The highest BCUT2D eigenvalue weighted by atomic mass is 35.5. The van der Waals surface area contributed by atoms with E-state index >= 15 is 0 Å². The third-order valence-electron chi connectivity index (χ3n) is 1.85. The Kier molecular flexibility index (Phi) is 4.38. The van der Waals surface area contributed by atoms with Gasteiger partial charge in [0.15, 0.2) is 0 Å². The Hall–Kier alpha value is -2.18. The highest BCUT2D eigenvalue weighted by Crippen LogP contribution is 2.15. The molecule has 7 heteroatoms. The van der Waals surface area contributed by atoms with Gasteiger partial charge in [-0.15, -0.1) is 0 Å². The molecule has 0 aliphatic carbocycles. The standard InChI is InChI=1S/C10H6ClFN4O/c11-9-8(5-7(12)6-15-9)10(17)16(3-1-13)4-2-14/h5-6H,3-4H2. The molecule has 0 fully saturated rings. The van der Waals surface area contributed by atoms with Crippen molar-refractivity contribution in [2.75, 3.05) is 13.1 Å². The van der Waals surface area contributed by atoms with Crippen molar-refractivity contribution in [3.8, 4) is 12.1 Å². The third-order valence-corrected chi connectivity index (χ3v) is 2.15. The van der Waals surface area contributed by atoms with Crippen molar-refractivity contribution in [1.29, 1.82) is 10.5 Å². The highest BCUT2D eigenvalue weighted by Gasteiger charge is 2.19.